The highest BCUT2D eigenvalue weighted by Crippen LogP contribution is 2.32. The highest BCUT2D eigenvalue weighted by molar-refractivity contribution is 5.50. The van der Waals surface area contributed by atoms with Crippen molar-refractivity contribution in [2.75, 3.05) is 0 Å². The fourth-order valence-electron chi connectivity index (χ4n) is 2.08. The maximum absolute atomic E-state index is 13.9. The van der Waals surface area contributed by atoms with Crippen LogP contribution in [0.5, 0.6) is 11.5 Å². The van der Waals surface area contributed by atoms with Crippen molar-refractivity contribution in [3.05, 3.63) is 52.9 Å². The van der Waals surface area contributed by atoms with Crippen molar-refractivity contribution in [2.24, 2.45) is 0 Å². The second kappa shape index (κ2) is 9.56. The number of aryl methyl sites for hydroxylation is 1. The summed E-state index contributed by atoms with van der Waals surface area (Å²) in [5, 5.41) is 12.0. The zero-order chi connectivity index (χ0) is 19.0. The number of carbonyl (C=O) groups excluding carboxylic acids is 1. The van der Waals surface area contributed by atoms with Crippen molar-refractivity contribution in [3.63, 3.8) is 0 Å². The highest BCUT2D eigenvalue weighted by atomic mass is 19.1. The van der Waals surface area contributed by atoms with Crippen LogP contribution >= 0.6 is 0 Å². The molecule has 0 radical (unpaired) electrons. The predicted molar refractivity (Wildman–Crippen MR) is 90.3 cm³/mol. The molecule has 25 heavy (non-hydrogen) atoms. The first-order valence-electron chi connectivity index (χ1n) is 7.89. The minimum Gasteiger partial charge on any atom is -0.505 e. The lowest BCUT2D eigenvalue weighted by Gasteiger charge is -2.17. The number of nitrogens with one attached hydrogen (secondary N) is 1. The van der Waals surface area contributed by atoms with Crippen LogP contribution in [0.15, 0.2) is 24.4 Å². The van der Waals surface area contributed by atoms with Gasteiger partial charge in [-0.1, -0.05) is 13.8 Å². The van der Waals surface area contributed by atoms with E-state index in [0.717, 1.165) is 12.1 Å². The maximum Gasteiger partial charge on any atom is 0.207 e. The third-order valence-corrected chi connectivity index (χ3v) is 3.39. The molecule has 1 atom stereocenters. The summed E-state index contributed by atoms with van der Waals surface area (Å²) in [6.07, 6.45) is 1.93. The van der Waals surface area contributed by atoms with Crippen molar-refractivity contribution in [1.82, 2.24) is 10.3 Å². The number of ether oxygens (including phenoxy) is 1. The highest BCUT2D eigenvalue weighted by Gasteiger charge is 2.16. The molecule has 1 heterocycles. The molecule has 136 valence electrons. The minimum atomic E-state index is -0.835. The predicted octanol–water partition coefficient (Wildman–Crippen LogP) is 3.79. The summed E-state index contributed by atoms with van der Waals surface area (Å²) >= 11 is 0. The number of carbonyl (C=O) groups is 1. The van der Waals surface area contributed by atoms with Crippen LogP contribution in [-0.4, -0.2) is 16.5 Å². The largest absolute Gasteiger partial charge is 0.505 e. The first-order chi connectivity index (χ1) is 11.9. The molecule has 0 aliphatic carbocycles. The third-order valence-electron chi connectivity index (χ3n) is 3.39. The molecule has 0 aliphatic heterocycles. The molecule has 0 fully saturated rings. The molecule has 1 aromatic heterocycles. The molecule has 2 rings (SSSR count). The van der Waals surface area contributed by atoms with Gasteiger partial charge in [0.05, 0.1) is 11.7 Å². The second-order valence-corrected chi connectivity index (χ2v) is 5.01. The van der Waals surface area contributed by atoms with Crippen LogP contribution in [0.4, 0.5) is 8.78 Å². The number of aromatic hydroxyl groups is 1. The van der Waals surface area contributed by atoms with Crippen molar-refractivity contribution in [3.8, 4) is 11.5 Å². The van der Waals surface area contributed by atoms with Gasteiger partial charge in [-0.3, -0.25) is 9.78 Å². The quantitative estimate of drug-likeness (QED) is 0.776. The molecule has 2 N–H and O–H groups in total. The van der Waals surface area contributed by atoms with E-state index in [1.54, 1.807) is 6.92 Å². The molecule has 0 bridgehead atoms. The van der Waals surface area contributed by atoms with E-state index >= 15 is 0 Å². The Morgan fingerprint density at radius 2 is 2.04 bits per heavy atom. The van der Waals surface area contributed by atoms with Crippen molar-refractivity contribution >= 4 is 6.41 Å². The molecule has 0 saturated heterocycles. The molecule has 1 unspecified atom stereocenters. The van der Waals surface area contributed by atoms with Gasteiger partial charge in [0.1, 0.15) is 12.4 Å². The van der Waals surface area contributed by atoms with Gasteiger partial charge in [0.25, 0.3) is 0 Å². The molecule has 1 amide bonds. The van der Waals surface area contributed by atoms with Crippen molar-refractivity contribution in [2.45, 2.75) is 40.3 Å². The molecule has 2 aromatic rings. The van der Waals surface area contributed by atoms with E-state index in [1.165, 1.54) is 19.2 Å². The van der Waals surface area contributed by atoms with E-state index in [-0.39, 0.29) is 23.6 Å². The van der Waals surface area contributed by atoms with Crippen molar-refractivity contribution < 1.29 is 23.4 Å². The van der Waals surface area contributed by atoms with Gasteiger partial charge in [0, 0.05) is 23.4 Å². The number of phenols is 1. The van der Waals surface area contributed by atoms with Crippen LogP contribution in [0.3, 0.4) is 0 Å². The summed E-state index contributed by atoms with van der Waals surface area (Å²) in [6.45, 7) is 7.04. The van der Waals surface area contributed by atoms with E-state index in [4.69, 9.17) is 4.74 Å². The van der Waals surface area contributed by atoms with Gasteiger partial charge >= 0.3 is 0 Å². The number of nitrogens with zero attached hydrogens (tertiary/aromatic N) is 1. The molecular weight excluding hydrogens is 330 g/mol. The molecule has 0 spiro atoms. The first-order valence-corrected chi connectivity index (χ1v) is 7.89. The summed E-state index contributed by atoms with van der Waals surface area (Å²) < 4.78 is 33.0. The van der Waals surface area contributed by atoms with Crippen LogP contribution in [0, 0.1) is 18.6 Å². The molecule has 5 nitrogen and oxygen atoms in total. The maximum atomic E-state index is 13.9. The van der Waals surface area contributed by atoms with Gasteiger partial charge in [-0.05, 0) is 26.0 Å². The van der Waals surface area contributed by atoms with E-state index in [0.29, 0.717) is 12.0 Å². The molecule has 7 heteroatoms. The number of phenolic OH excluding ortho intramolecular Hbond substituents is 1. The lowest BCUT2D eigenvalue weighted by molar-refractivity contribution is -0.110. The van der Waals surface area contributed by atoms with Crippen molar-refractivity contribution in [1.29, 1.82) is 0 Å². The number of hydrogen-bond donors (Lipinski definition) is 2. The average molecular weight is 352 g/mol. The van der Waals surface area contributed by atoms with Gasteiger partial charge in [-0.2, -0.15) is 0 Å². The number of aromatic nitrogens is 1. The summed E-state index contributed by atoms with van der Waals surface area (Å²) in [6, 6.07) is 3.10. The molecule has 0 aliphatic rings. The lowest BCUT2D eigenvalue weighted by atomic mass is 10.1. The number of halogens is 2. The van der Waals surface area contributed by atoms with Crippen LogP contribution in [0.1, 0.15) is 43.6 Å². The Hall–Kier alpha value is -2.70. The normalized spacial score (nSPS) is 11.1. The number of hydrogen-bond acceptors (Lipinski definition) is 4. The Balaban J connectivity index is 0.00000151. The Kier molecular flexibility index (Phi) is 7.78. The van der Waals surface area contributed by atoms with E-state index < -0.39 is 23.4 Å². The Morgan fingerprint density at radius 3 is 2.68 bits per heavy atom. The minimum absolute atomic E-state index is 0.124. The van der Waals surface area contributed by atoms with Crippen LogP contribution < -0.4 is 10.1 Å². The molecule has 1 aromatic carbocycles. The van der Waals surface area contributed by atoms with Crippen LogP contribution in [0.2, 0.25) is 0 Å². The second-order valence-electron chi connectivity index (χ2n) is 5.01. The molecular formula is C18H22F2N2O3. The Morgan fingerprint density at radius 1 is 1.36 bits per heavy atom. The topological polar surface area (TPSA) is 71.5 Å². The van der Waals surface area contributed by atoms with E-state index in [1.807, 2.05) is 13.8 Å². The SMILES string of the molecule is CC.Cc1nccc(COc2cc(O)c(F)cc2C(C)NC=O)c1F. The standard InChI is InChI=1S/C16H16F2N2O3.C2H6/c1-9(20-8-21)12-5-13(17)14(22)6-15(12)23-7-11-3-4-19-10(2)16(11)18;1-2/h3-6,8-9,22H,7H2,1-2H3,(H,20,21);1-2H3. The Bertz CT molecular complexity index is 724. The Labute approximate surface area is 145 Å². The smallest absolute Gasteiger partial charge is 0.207 e. The van der Waals surface area contributed by atoms with Gasteiger partial charge in [-0.25, -0.2) is 8.78 Å². The van der Waals surface area contributed by atoms with E-state index in [2.05, 4.69) is 10.3 Å². The number of amides is 1. The third kappa shape index (κ3) is 5.14. The number of pyridine rings is 1. The van der Waals surface area contributed by atoms with Crippen LogP contribution in [-0.2, 0) is 11.4 Å². The molecule has 0 saturated carbocycles. The fourth-order valence-corrected chi connectivity index (χ4v) is 2.08. The average Bonchev–Trinajstić information content (AvgIpc) is 2.60. The summed E-state index contributed by atoms with van der Waals surface area (Å²) in [5.41, 5.74) is 0.853. The first kappa shape index (κ1) is 20.3. The lowest BCUT2D eigenvalue weighted by Crippen LogP contribution is -2.17. The van der Waals surface area contributed by atoms with Gasteiger partial charge in [0.15, 0.2) is 17.4 Å². The number of rotatable bonds is 6. The summed E-state index contributed by atoms with van der Waals surface area (Å²) in [7, 11) is 0. The summed E-state index contributed by atoms with van der Waals surface area (Å²) in [4.78, 5) is 14.4. The summed E-state index contributed by atoms with van der Waals surface area (Å²) in [5.74, 6) is -1.76. The van der Waals surface area contributed by atoms with Gasteiger partial charge in [0.2, 0.25) is 6.41 Å². The number of benzene rings is 1. The van der Waals surface area contributed by atoms with E-state index in [9.17, 15) is 18.7 Å². The zero-order valence-corrected chi connectivity index (χ0v) is 14.6. The van der Waals surface area contributed by atoms with Gasteiger partial charge < -0.3 is 15.2 Å². The zero-order valence-electron chi connectivity index (χ0n) is 14.6. The monoisotopic (exact) mass is 352 g/mol. The van der Waals surface area contributed by atoms with Crippen LogP contribution in [0.25, 0.3) is 0 Å². The van der Waals surface area contributed by atoms with Gasteiger partial charge in [-0.15, -0.1) is 0 Å². The fraction of sp³-hybridized carbons (Fsp3) is 0.333.